The predicted molar refractivity (Wildman–Crippen MR) is 87.8 cm³/mol. The summed E-state index contributed by atoms with van der Waals surface area (Å²) in [5, 5.41) is 0.438. The lowest BCUT2D eigenvalue weighted by Gasteiger charge is -2.11. The lowest BCUT2D eigenvalue weighted by Crippen LogP contribution is -2.24. The Morgan fingerprint density at radius 3 is 2.87 bits per heavy atom. The number of fused-ring (bicyclic) bond motifs is 2. The van der Waals surface area contributed by atoms with Gasteiger partial charge in [0.15, 0.2) is 0 Å². The molecule has 2 heterocycles. The number of H-pyrrole nitrogens is 2. The molecule has 1 aliphatic heterocycles. The minimum atomic E-state index is -0.509. The highest BCUT2D eigenvalue weighted by atomic mass is 16.5. The second kappa shape index (κ2) is 5.10. The first kappa shape index (κ1) is 13.8. The molecule has 0 aliphatic carbocycles. The summed E-state index contributed by atoms with van der Waals surface area (Å²) in [6.45, 7) is 0.465. The lowest BCUT2D eigenvalue weighted by molar-refractivity contribution is 0.242. The number of aromatic nitrogens is 2. The molecule has 4 rings (SSSR count). The number of rotatable bonds is 2. The molecule has 6 nitrogen and oxygen atoms in total. The predicted octanol–water partition coefficient (Wildman–Crippen LogP) is 1.15. The van der Waals surface area contributed by atoms with Gasteiger partial charge in [0.1, 0.15) is 11.9 Å². The van der Waals surface area contributed by atoms with Crippen molar-refractivity contribution in [3.63, 3.8) is 0 Å². The summed E-state index contributed by atoms with van der Waals surface area (Å²) >= 11 is 0. The molecule has 1 unspecified atom stereocenters. The van der Waals surface area contributed by atoms with Crippen molar-refractivity contribution in [1.82, 2.24) is 9.97 Å². The number of ether oxygens (including phenoxy) is 1. The van der Waals surface area contributed by atoms with Gasteiger partial charge in [0.2, 0.25) is 0 Å². The Bertz CT molecular complexity index is 1020. The summed E-state index contributed by atoms with van der Waals surface area (Å²) in [5.41, 5.74) is 8.21. The summed E-state index contributed by atoms with van der Waals surface area (Å²) in [4.78, 5) is 28.2. The van der Waals surface area contributed by atoms with E-state index in [-0.39, 0.29) is 6.10 Å². The molecule has 0 saturated heterocycles. The monoisotopic (exact) mass is 309 g/mol. The van der Waals surface area contributed by atoms with Gasteiger partial charge in [-0.2, -0.15) is 0 Å². The molecule has 0 fully saturated rings. The van der Waals surface area contributed by atoms with E-state index >= 15 is 0 Å². The Morgan fingerprint density at radius 2 is 2.04 bits per heavy atom. The first-order valence-electron chi connectivity index (χ1n) is 7.41. The number of hydrogen-bond donors (Lipinski definition) is 3. The molecule has 0 saturated carbocycles. The van der Waals surface area contributed by atoms with E-state index in [0.29, 0.717) is 17.4 Å². The Balaban J connectivity index is 1.90. The van der Waals surface area contributed by atoms with E-state index in [4.69, 9.17) is 10.5 Å². The molecule has 1 atom stereocenters. The van der Waals surface area contributed by atoms with Crippen molar-refractivity contribution < 1.29 is 4.74 Å². The van der Waals surface area contributed by atoms with Crippen LogP contribution < -0.4 is 21.7 Å². The summed E-state index contributed by atoms with van der Waals surface area (Å²) < 4.78 is 5.93. The fraction of sp³-hybridized carbons (Fsp3) is 0.176. The third kappa shape index (κ3) is 2.24. The van der Waals surface area contributed by atoms with Gasteiger partial charge in [-0.25, -0.2) is 4.79 Å². The molecule has 116 valence electrons. The molecular formula is C17H15N3O3. The molecule has 0 spiro atoms. The van der Waals surface area contributed by atoms with Crippen LogP contribution in [0.2, 0.25) is 0 Å². The zero-order valence-electron chi connectivity index (χ0n) is 12.3. The molecule has 0 radical (unpaired) electrons. The van der Waals surface area contributed by atoms with Gasteiger partial charge in [-0.15, -0.1) is 0 Å². The highest BCUT2D eigenvalue weighted by Gasteiger charge is 2.24. The second-order valence-corrected chi connectivity index (χ2v) is 5.64. The van der Waals surface area contributed by atoms with Gasteiger partial charge >= 0.3 is 5.69 Å². The fourth-order valence-electron chi connectivity index (χ4n) is 3.03. The van der Waals surface area contributed by atoms with Crippen LogP contribution in [0.25, 0.3) is 22.0 Å². The molecule has 4 N–H and O–H groups in total. The Kier molecular flexibility index (Phi) is 3.06. The molecule has 1 aromatic heterocycles. The van der Waals surface area contributed by atoms with E-state index in [1.165, 1.54) is 0 Å². The van der Waals surface area contributed by atoms with Crippen molar-refractivity contribution in [3.05, 3.63) is 62.8 Å². The average molecular weight is 309 g/mol. The summed E-state index contributed by atoms with van der Waals surface area (Å²) in [5.74, 6) is 0.822. The smallest absolute Gasteiger partial charge is 0.326 e. The van der Waals surface area contributed by atoms with E-state index in [1.807, 2.05) is 24.3 Å². The minimum absolute atomic E-state index is 0.00800. The maximum absolute atomic E-state index is 12.0. The van der Waals surface area contributed by atoms with Crippen molar-refractivity contribution >= 4 is 10.9 Å². The van der Waals surface area contributed by atoms with Crippen LogP contribution >= 0.6 is 0 Å². The third-order valence-electron chi connectivity index (χ3n) is 4.14. The third-order valence-corrected chi connectivity index (χ3v) is 4.14. The maximum atomic E-state index is 12.0. The van der Waals surface area contributed by atoms with Gasteiger partial charge in [0, 0.05) is 18.5 Å². The van der Waals surface area contributed by atoms with Gasteiger partial charge < -0.3 is 15.5 Å². The van der Waals surface area contributed by atoms with E-state index in [2.05, 4.69) is 9.97 Å². The van der Waals surface area contributed by atoms with Crippen LogP contribution in [0.3, 0.4) is 0 Å². The quantitative estimate of drug-likeness (QED) is 0.661. The molecule has 0 amide bonds. The summed E-state index contributed by atoms with van der Waals surface area (Å²) in [7, 11) is 0. The molecular weight excluding hydrogens is 294 g/mol. The highest BCUT2D eigenvalue weighted by Crippen LogP contribution is 2.38. The van der Waals surface area contributed by atoms with E-state index in [9.17, 15) is 9.59 Å². The van der Waals surface area contributed by atoms with Gasteiger partial charge in [0.25, 0.3) is 5.56 Å². The SMILES string of the molecule is NCC1Cc2cccc(-c3ccc4[nH]c(=O)[nH]c(=O)c4c3)c2O1. The van der Waals surface area contributed by atoms with Crippen molar-refractivity contribution in [1.29, 1.82) is 0 Å². The molecule has 3 aromatic rings. The van der Waals surface area contributed by atoms with E-state index in [0.717, 1.165) is 28.9 Å². The van der Waals surface area contributed by atoms with Gasteiger partial charge in [-0.1, -0.05) is 24.3 Å². The van der Waals surface area contributed by atoms with Gasteiger partial charge in [-0.05, 0) is 23.3 Å². The number of nitrogens with two attached hydrogens (primary N) is 1. The molecule has 1 aliphatic rings. The van der Waals surface area contributed by atoms with Crippen LogP contribution in [0.15, 0.2) is 46.0 Å². The average Bonchev–Trinajstić information content (AvgIpc) is 2.97. The first-order valence-corrected chi connectivity index (χ1v) is 7.41. The standard InChI is InChI=1S/C17H15N3O3/c18-8-11-6-10-2-1-3-12(15(10)23-11)9-4-5-14-13(7-9)16(21)20-17(22)19-14/h1-5,7,11H,6,8,18H2,(H2,19,20,21,22). The van der Waals surface area contributed by atoms with Crippen molar-refractivity contribution in [2.45, 2.75) is 12.5 Å². The Labute approximate surface area is 130 Å². The highest BCUT2D eigenvalue weighted by molar-refractivity contribution is 5.85. The number of aromatic amines is 2. The first-order chi connectivity index (χ1) is 11.2. The Hall–Kier alpha value is -2.86. The topological polar surface area (TPSA) is 101 Å². The number of hydrogen-bond acceptors (Lipinski definition) is 4. The van der Waals surface area contributed by atoms with Crippen LogP contribution in [0.1, 0.15) is 5.56 Å². The fourth-order valence-corrected chi connectivity index (χ4v) is 3.03. The van der Waals surface area contributed by atoms with E-state index < -0.39 is 11.2 Å². The van der Waals surface area contributed by atoms with Crippen LogP contribution in [0.5, 0.6) is 5.75 Å². The number of benzene rings is 2. The molecule has 0 bridgehead atoms. The zero-order valence-corrected chi connectivity index (χ0v) is 12.3. The van der Waals surface area contributed by atoms with Crippen molar-refractivity contribution in [3.8, 4) is 16.9 Å². The number of nitrogens with one attached hydrogen (secondary N) is 2. The van der Waals surface area contributed by atoms with Crippen LogP contribution in [-0.4, -0.2) is 22.6 Å². The summed E-state index contributed by atoms with van der Waals surface area (Å²) in [6, 6.07) is 11.3. The molecule has 2 aromatic carbocycles. The van der Waals surface area contributed by atoms with Gasteiger partial charge in [0.05, 0.1) is 10.9 Å². The normalized spacial score (nSPS) is 16.3. The lowest BCUT2D eigenvalue weighted by atomic mass is 9.99. The molecule has 23 heavy (non-hydrogen) atoms. The van der Waals surface area contributed by atoms with Crippen molar-refractivity contribution in [2.75, 3.05) is 6.54 Å². The van der Waals surface area contributed by atoms with Crippen molar-refractivity contribution in [2.24, 2.45) is 5.73 Å². The van der Waals surface area contributed by atoms with E-state index in [1.54, 1.807) is 12.1 Å². The number of para-hydroxylation sites is 1. The maximum Gasteiger partial charge on any atom is 0.326 e. The van der Waals surface area contributed by atoms with Crippen LogP contribution in [0.4, 0.5) is 0 Å². The minimum Gasteiger partial charge on any atom is -0.488 e. The van der Waals surface area contributed by atoms with Gasteiger partial charge in [-0.3, -0.25) is 9.78 Å². The second-order valence-electron chi connectivity index (χ2n) is 5.64. The largest absolute Gasteiger partial charge is 0.488 e. The summed E-state index contributed by atoms with van der Waals surface area (Å²) in [6.07, 6.45) is 0.785. The Morgan fingerprint density at radius 1 is 1.17 bits per heavy atom. The van der Waals surface area contributed by atoms with Crippen LogP contribution in [0, 0.1) is 0 Å². The molecule has 6 heteroatoms. The zero-order chi connectivity index (χ0) is 16.0. The van der Waals surface area contributed by atoms with Crippen LogP contribution in [-0.2, 0) is 6.42 Å².